The molecule has 28 heavy (non-hydrogen) atoms. The van der Waals surface area contributed by atoms with Gasteiger partial charge < -0.3 is 14.4 Å². The van der Waals surface area contributed by atoms with E-state index in [0.717, 1.165) is 53.5 Å². The molecule has 2 aliphatic heterocycles. The van der Waals surface area contributed by atoms with Crippen molar-refractivity contribution >= 4 is 5.82 Å². The van der Waals surface area contributed by atoms with Crippen LogP contribution in [0.25, 0.3) is 11.3 Å². The zero-order valence-electron chi connectivity index (χ0n) is 15.3. The van der Waals surface area contributed by atoms with Gasteiger partial charge >= 0.3 is 0 Å². The number of nitrogens with zero attached hydrogens (tertiary/aromatic N) is 3. The third-order valence-electron chi connectivity index (χ3n) is 5.29. The number of hydrogen-bond acceptors (Lipinski definition) is 5. The minimum atomic E-state index is -0.259. The molecule has 0 N–H and O–H groups in total. The van der Waals surface area contributed by atoms with E-state index in [0.29, 0.717) is 13.2 Å². The Balaban J connectivity index is 1.44. The summed E-state index contributed by atoms with van der Waals surface area (Å²) in [5.41, 5.74) is 2.72. The first-order valence-corrected chi connectivity index (χ1v) is 9.54. The Morgan fingerprint density at radius 2 is 1.79 bits per heavy atom. The van der Waals surface area contributed by atoms with Crippen molar-refractivity contribution in [3.63, 3.8) is 0 Å². The van der Waals surface area contributed by atoms with Crippen molar-refractivity contribution < 1.29 is 13.9 Å². The number of ether oxygens (including phenoxy) is 2. The van der Waals surface area contributed by atoms with Crippen LogP contribution in [-0.2, 0) is 0 Å². The van der Waals surface area contributed by atoms with E-state index in [1.165, 1.54) is 12.1 Å². The highest BCUT2D eigenvalue weighted by Crippen LogP contribution is 2.43. The van der Waals surface area contributed by atoms with Crippen LogP contribution < -0.4 is 14.4 Å². The molecule has 0 aliphatic carbocycles. The number of aromatic nitrogens is 2. The maximum absolute atomic E-state index is 13.1. The van der Waals surface area contributed by atoms with Crippen LogP contribution in [0.5, 0.6) is 11.5 Å². The van der Waals surface area contributed by atoms with Gasteiger partial charge in [0.1, 0.15) is 19.0 Å². The van der Waals surface area contributed by atoms with Crippen molar-refractivity contribution in [3.05, 3.63) is 66.0 Å². The standard InChI is InChI=1S/C22H20FN3O2/c23-16-8-6-15(7-9-16)18-10-11-21(25-24-18)26-12-2-4-19(26)17-3-1-5-20-22(17)28-14-13-27-20/h1,3,5-11,19H,2,4,12-14H2. The molecule has 3 aromatic rings. The fourth-order valence-electron chi connectivity index (χ4n) is 3.98. The van der Waals surface area contributed by atoms with Crippen LogP contribution in [0.4, 0.5) is 10.2 Å². The maximum Gasteiger partial charge on any atom is 0.166 e. The summed E-state index contributed by atoms with van der Waals surface area (Å²) in [7, 11) is 0. The van der Waals surface area contributed by atoms with Gasteiger partial charge in [-0.3, -0.25) is 0 Å². The fourth-order valence-corrected chi connectivity index (χ4v) is 3.98. The Hall–Kier alpha value is -3.15. The van der Waals surface area contributed by atoms with Crippen LogP contribution >= 0.6 is 0 Å². The van der Waals surface area contributed by atoms with Crippen LogP contribution in [0, 0.1) is 5.82 Å². The van der Waals surface area contributed by atoms with E-state index in [9.17, 15) is 4.39 Å². The van der Waals surface area contributed by atoms with E-state index < -0.39 is 0 Å². The highest BCUT2D eigenvalue weighted by molar-refractivity contribution is 5.60. The predicted octanol–water partition coefficient (Wildman–Crippen LogP) is 4.40. The predicted molar refractivity (Wildman–Crippen MR) is 104 cm³/mol. The second kappa shape index (κ2) is 7.11. The lowest BCUT2D eigenvalue weighted by atomic mass is 10.0. The molecule has 0 spiro atoms. The van der Waals surface area contributed by atoms with Crippen molar-refractivity contribution in [2.24, 2.45) is 0 Å². The molecule has 1 unspecified atom stereocenters. The molecular formula is C22H20FN3O2. The smallest absolute Gasteiger partial charge is 0.166 e. The SMILES string of the molecule is Fc1ccc(-c2ccc(N3CCCC3c3cccc4c3OCCO4)nn2)cc1. The molecule has 0 radical (unpaired) electrons. The number of halogens is 1. The molecule has 0 saturated carbocycles. The molecule has 5 nitrogen and oxygen atoms in total. The molecule has 3 heterocycles. The molecule has 0 bridgehead atoms. The highest BCUT2D eigenvalue weighted by atomic mass is 19.1. The third kappa shape index (κ3) is 3.05. The van der Waals surface area contributed by atoms with Crippen molar-refractivity contribution in [1.82, 2.24) is 10.2 Å². The molecule has 1 saturated heterocycles. The molecule has 2 aromatic carbocycles. The molecule has 0 amide bonds. The summed E-state index contributed by atoms with van der Waals surface area (Å²) in [4.78, 5) is 2.27. The van der Waals surface area contributed by atoms with E-state index in [1.807, 2.05) is 24.3 Å². The first-order valence-electron chi connectivity index (χ1n) is 9.54. The van der Waals surface area contributed by atoms with Gasteiger partial charge in [-0.05, 0) is 55.3 Å². The second-order valence-corrected chi connectivity index (χ2v) is 7.01. The number of benzene rings is 2. The van der Waals surface area contributed by atoms with Crippen molar-refractivity contribution in [2.75, 3.05) is 24.7 Å². The summed E-state index contributed by atoms with van der Waals surface area (Å²) in [6, 6.07) is 16.5. The molecule has 1 aromatic heterocycles. The van der Waals surface area contributed by atoms with E-state index in [-0.39, 0.29) is 11.9 Å². The monoisotopic (exact) mass is 377 g/mol. The van der Waals surface area contributed by atoms with Gasteiger partial charge in [0.05, 0.1) is 11.7 Å². The number of rotatable bonds is 3. The summed E-state index contributed by atoms with van der Waals surface area (Å²) in [5.74, 6) is 2.24. The fraction of sp³-hybridized carbons (Fsp3) is 0.273. The molecule has 2 aliphatic rings. The van der Waals surface area contributed by atoms with Crippen molar-refractivity contribution in [3.8, 4) is 22.8 Å². The zero-order chi connectivity index (χ0) is 18.9. The minimum Gasteiger partial charge on any atom is -0.486 e. The van der Waals surface area contributed by atoms with E-state index >= 15 is 0 Å². The molecular weight excluding hydrogens is 357 g/mol. The number of fused-ring (bicyclic) bond motifs is 1. The third-order valence-corrected chi connectivity index (χ3v) is 5.29. The molecule has 1 atom stereocenters. The summed E-state index contributed by atoms with van der Waals surface area (Å²) in [6.07, 6.45) is 2.11. The topological polar surface area (TPSA) is 47.5 Å². The maximum atomic E-state index is 13.1. The van der Waals surface area contributed by atoms with Crippen molar-refractivity contribution in [2.45, 2.75) is 18.9 Å². The Morgan fingerprint density at radius 1 is 0.929 bits per heavy atom. The first-order chi connectivity index (χ1) is 13.8. The number of hydrogen-bond donors (Lipinski definition) is 0. The number of para-hydroxylation sites is 1. The average molecular weight is 377 g/mol. The molecule has 1 fully saturated rings. The van der Waals surface area contributed by atoms with Gasteiger partial charge in [0, 0.05) is 17.7 Å². The van der Waals surface area contributed by atoms with Crippen LogP contribution in [-0.4, -0.2) is 30.0 Å². The molecule has 5 rings (SSSR count). The van der Waals surface area contributed by atoms with Crippen molar-refractivity contribution in [1.29, 1.82) is 0 Å². The zero-order valence-corrected chi connectivity index (χ0v) is 15.3. The van der Waals surface area contributed by atoms with Gasteiger partial charge in [-0.25, -0.2) is 4.39 Å². The summed E-state index contributed by atoms with van der Waals surface area (Å²) < 4.78 is 24.8. The van der Waals surface area contributed by atoms with E-state index in [1.54, 1.807) is 12.1 Å². The Kier molecular flexibility index (Phi) is 4.31. The highest BCUT2D eigenvalue weighted by Gasteiger charge is 2.31. The van der Waals surface area contributed by atoms with Crippen LogP contribution in [0.15, 0.2) is 54.6 Å². The summed E-state index contributed by atoms with van der Waals surface area (Å²) in [6.45, 7) is 2.07. The Morgan fingerprint density at radius 3 is 2.61 bits per heavy atom. The van der Waals surface area contributed by atoms with E-state index in [4.69, 9.17) is 9.47 Å². The summed E-state index contributed by atoms with van der Waals surface area (Å²) >= 11 is 0. The average Bonchev–Trinajstić information content (AvgIpc) is 3.24. The van der Waals surface area contributed by atoms with Gasteiger partial charge in [-0.15, -0.1) is 10.2 Å². The van der Waals surface area contributed by atoms with Gasteiger partial charge in [0.25, 0.3) is 0 Å². The second-order valence-electron chi connectivity index (χ2n) is 7.01. The Bertz CT molecular complexity index is 976. The lowest BCUT2D eigenvalue weighted by Gasteiger charge is -2.29. The largest absolute Gasteiger partial charge is 0.486 e. The van der Waals surface area contributed by atoms with Gasteiger partial charge in [-0.2, -0.15) is 0 Å². The lowest BCUT2D eigenvalue weighted by Crippen LogP contribution is -2.25. The quantitative estimate of drug-likeness (QED) is 0.677. The molecule has 6 heteroatoms. The Labute approximate surface area is 162 Å². The van der Waals surface area contributed by atoms with Crippen LogP contribution in [0.1, 0.15) is 24.4 Å². The molecule has 142 valence electrons. The van der Waals surface area contributed by atoms with Gasteiger partial charge in [-0.1, -0.05) is 12.1 Å². The van der Waals surface area contributed by atoms with Crippen LogP contribution in [0.3, 0.4) is 0 Å². The summed E-state index contributed by atoms with van der Waals surface area (Å²) in [5, 5.41) is 8.83. The normalized spacial score (nSPS) is 18.3. The minimum absolute atomic E-state index is 0.183. The van der Waals surface area contributed by atoms with Gasteiger partial charge in [0.2, 0.25) is 0 Å². The lowest BCUT2D eigenvalue weighted by molar-refractivity contribution is 0.169. The van der Waals surface area contributed by atoms with Crippen LogP contribution in [0.2, 0.25) is 0 Å². The first kappa shape index (κ1) is 17.0. The van der Waals surface area contributed by atoms with Gasteiger partial charge in [0.15, 0.2) is 17.3 Å². The number of anilines is 1. The van der Waals surface area contributed by atoms with E-state index in [2.05, 4.69) is 21.2 Å².